The third-order valence-corrected chi connectivity index (χ3v) is 6.48. The van der Waals surface area contributed by atoms with Gasteiger partial charge in [-0.3, -0.25) is 4.79 Å². The minimum atomic E-state index is 0.130. The Balaban J connectivity index is 1.29. The van der Waals surface area contributed by atoms with Crippen LogP contribution in [-0.2, 0) is 11.2 Å². The molecule has 0 fully saturated rings. The maximum atomic E-state index is 12.2. The van der Waals surface area contributed by atoms with E-state index in [1.165, 1.54) is 15.8 Å². The monoisotopic (exact) mass is 354 g/mol. The number of hydrogen-bond donors (Lipinski definition) is 1. The average molecular weight is 355 g/mol. The van der Waals surface area contributed by atoms with E-state index in [1.54, 1.807) is 23.1 Å². The Morgan fingerprint density at radius 2 is 2.04 bits per heavy atom. The van der Waals surface area contributed by atoms with E-state index in [0.717, 1.165) is 28.5 Å². The summed E-state index contributed by atoms with van der Waals surface area (Å²) in [6, 6.07) is 16.7. The minimum Gasteiger partial charge on any atom is -0.349 e. The number of carbonyl (C=O) groups excluding carboxylic acids is 1. The number of para-hydroxylation sites is 1. The van der Waals surface area contributed by atoms with Gasteiger partial charge < -0.3 is 5.32 Å². The minimum absolute atomic E-state index is 0.130. The molecule has 0 saturated carbocycles. The zero-order chi connectivity index (χ0) is 16.4. The Bertz CT molecular complexity index is 841. The normalized spacial score (nSPS) is 16.2. The molecule has 24 heavy (non-hydrogen) atoms. The average Bonchev–Trinajstić information content (AvgIpc) is 3.19. The van der Waals surface area contributed by atoms with Crippen molar-refractivity contribution in [3.63, 3.8) is 0 Å². The third-order valence-electron chi connectivity index (χ3n) is 4.30. The molecule has 0 spiro atoms. The van der Waals surface area contributed by atoms with E-state index in [4.69, 9.17) is 0 Å². The van der Waals surface area contributed by atoms with Crippen molar-refractivity contribution in [1.82, 2.24) is 10.3 Å². The number of nitrogens with zero attached hydrogens (tertiary/aromatic N) is 1. The summed E-state index contributed by atoms with van der Waals surface area (Å²) in [6.07, 6.45) is 2.59. The number of thioether (sulfide) groups is 1. The maximum Gasteiger partial charge on any atom is 0.221 e. The van der Waals surface area contributed by atoms with Crippen molar-refractivity contribution in [3.05, 3.63) is 59.7 Å². The molecule has 3 nitrogen and oxygen atoms in total. The summed E-state index contributed by atoms with van der Waals surface area (Å²) in [5.74, 6) is 0.894. The molecule has 0 aliphatic heterocycles. The van der Waals surface area contributed by atoms with Gasteiger partial charge in [-0.2, -0.15) is 0 Å². The van der Waals surface area contributed by atoms with Crippen molar-refractivity contribution in [2.45, 2.75) is 29.6 Å². The van der Waals surface area contributed by atoms with Gasteiger partial charge >= 0.3 is 0 Å². The fourth-order valence-corrected chi connectivity index (χ4v) is 5.19. The summed E-state index contributed by atoms with van der Waals surface area (Å²) in [4.78, 5) is 16.8. The van der Waals surface area contributed by atoms with Crippen molar-refractivity contribution in [2.75, 3.05) is 5.75 Å². The summed E-state index contributed by atoms with van der Waals surface area (Å²) in [7, 11) is 0. The van der Waals surface area contributed by atoms with Gasteiger partial charge in [0.2, 0.25) is 5.91 Å². The van der Waals surface area contributed by atoms with Crippen LogP contribution in [0.25, 0.3) is 10.2 Å². The topological polar surface area (TPSA) is 42.0 Å². The highest BCUT2D eigenvalue weighted by molar-refractivity contribution is 8.01. The SMILES string of the molecule is O=C(CCSc1nc2ccccc2s1)NC1CCc2ccccc21. The molecule has 0 bridgehead atoms. The number of aryl methyl sites for hydroxylation is 1. The number of aromatic nitrogens is 1. The molecule has 1 aromatic heterocycles. The van der Waals surface area contributed by atoms with E-state index in [-0.39, 0.29) is 11.9 Å². The summed E-state index contributed by atoms with van der Waals surface area (Å²) in [5, 5.41) is 3.18. The number of thiazole rings is 1. The first kappa shape index (κ1) is 15.7. The summed E-state index contributed by atoms with van der Waals surface area (Å²) < 4.78 is 2.24. The smallest absolute Gasteiger partial charge is 0.221 e. The summed E-state index contributed by atoms with van der Waals surface area (Å²) in [6.45, 7) is 0. The van der Waals surface area contributed by atoms with E-state index in [0.29, 0.717) is 6.42 Å². The highest BCUT2D eigenvalue weighted by Gasteiger charge is 2.23. The lowest BCUT2D eigenvalue weighted by Crippen LogP contribution is -2.27. The Morgan fingerprint density at radius 1 is 1.21 bits per heavy atom. The Labute approximate surface area is 149 Å². The largest absolute Gasteiger partial charge is 0.349 e. The number of carbonyl (C=O) groups is 1. The molecule has 1 heterocycles. The Hall–Kier alpha value is -1.85. The zero-order valence-corrected chi connectivity index (χ0v) is 14.8. The lowest BCUT2D eigenvalue weighted by Gasteiger charge is -2.13. The van der Waals surface area contributed by atoms with Crippen LogP contribution < -0.4 is 5.32 Å². The first-order valence-electron chi connectivity index (χ1n) is 8.15. The first-order valence-corrected chi connectivity index (χ1v) is 9.95. The second-order valence-corrected chi connectivity index (χ2v) is 8.28. The van der Waals surface area contributed by atoms with E-state index < -0.39 is 0 Å². The molecule has 5 heteroatoms. The van der Waals surface area contributed by atoms with Crippen molar-refractivity contribution >= 4 is 39.2 Å². The highest BCUT2D eigenvalue weighted by Crippen LogP contribution is 2.31. The van der Waals surface area contributed by atoms with Crippen molar-refractivity contribution < 1.29 is 4.79 Å². The molecular formula is C19H18N2OS2. The van der Waals surface area contributed by atoms with Crippen molar-refractivity contribution in [1.29, 1.82) is 0 Å². The van der Waals surface area contributed by atoms with E-state index in [1.807, 2.05) is 24.3 Å². The van der Waals surface area contributed by atoms with Crippen LogP contribution in [0.15, 0.2) is 52.9 Å². The molecule has 1 N–H and O–H groups in total. The molecule has 2 aromatic carbocycles. The van der Waals surface area contributed by atoms with Crippen LogP contribution in [0.4, 0.5) is 0 Å². The molecule has 3 aromatic rings. The molecule has 0 radical (unpaired) electrons. The predicted molar refractivity (Wildman–Crippen MR) is 101 cm³/mol. The van der Waals surface area contributed by atoms with Crippen LogP contribution in [0.3, 0.4) is 0 Å². The predicted octanol–water partition coefficient (Wildman–Crippen LogP) is 4.58. The molecule has 1 aliphatic rings. The van der Waals surface area contributed by atoms with Crippen molar-refractivity contribution in [2.24, 2.45) is 0 Å². The van der Waals surface area contributed by atoms with Gasteiger partial charge in [0, 0.05) is 12.2 Å². The first-order chi connectivity index (χ1) is 11.8. The van der Waals surface area contributed by atoms with E-state index >= 15 is 0 Å². The molecule has 122 valence electrons. The number of benzene rings is 2. The molecular weight excluding hydrogens is 336 g/mol. The lowest BCUT2D eigenvalue weighted by atomic mass is 10.1. The van der Waals surface area contributed by atoms with Gasteiger partial charge in [0.1, 0.15) is 0 Å². The Morgan fingerprint density at radius 3 is 2.96 bits per heavy atom. The van der Waals surface area contributed by atoms with Crippen LogP contribution in [0.2, 0.25) is 0 Å². The van der Waals surface area contributed by atoms with E-state index in [2.05, 4.69) is 34.6 Å². The van der Waals surface area contributed by atoms with E-state index in [9.17, 15) is 4.79 Å². The van der Waals surface area contributed by atoms with Crippen molar-refractivity contribution in [3.8, 4) is 0 Å². The summed E-state index contributed by atoms with van der Waals surface area (Å²) >= 11 is 3.36. The van der Waals surface area contributed by atoms with Gasteiger partial charge in [-0.1, -0.05) is 48.2 Å². The molecule has 1 atom stereocenters. The Kier molecular flexibility index (Phi) is 4.54. The standard InChI is InChI=1S/C19H18N2OS2/c22-18(20-15-10-9-13-5-1-2-6-14(13)15)11-12-23-19-21-16-7-3-4-8-17(16)24-19/h1-8,15H,9-12H2,(H,20,22). The van der Waals surface area contributed by atoms with Gasteiger partial charge in [-0.25, -0.2) is 4.98 Å². The van der Waals surface area contributed by atoms with Crippen LogP contribution >= 0.6 is 23.1 Å². The van der Waals surface area contributed by atoms with Gasteiger partial charge in [-0.15, -0.1) is 11.3 Å². The number of amides is 1. The van der Waals surface area contributed by atoms with Gasteiger partial charge in [0.05, 0.1) is 16.3 Å². The third kappa shape index (κ3) is 3.32. The summed E-state index contributed by atoms with van der Waals surface area (Å²) in [5.41, 5.74) is 3.69. The number of fused-ring (bicyclic) bond motifs is 2. The van der Waals surface area contributed by atoms with Crippen LogP contribution in [0.1, 0.15) is 30.0 Å². The molecule has 1 unspecified atom stereocenters. The van der Waals surface area contributed by atoms with Gasteiger partial charge in [0.25, 0.3) is 0 Å². The molecule has 1 amide bonds. The number of hydrogen-bond acceptors (Lipinski definition) is 4. The molecule has 4 rings (SSSR count). The zero-order valence-electron chi connectivity index (χ0n) is 13.2. The molecule has 0 saturated heterocycles. The fraction of sp³-hybridized carbons (Fsp3) is 0.263. The molecule has 1 aliphatic carbocycles. The number of nitrogens with one attached hydrogen (secondary N) is 1. The van der Waals surface area contributed by atoms with Crippen LogP contribution in [0.5, 0.6) is 0 Å². The maximum absolute atomic E-state index is 12.2. The second-order valence-electron chi connectivity index (χ2n) is 5.90. The quantitative estimate of drug-likeness (QED) is 0.682. The van der Waals surface area contributed by atoms with Gasteiger partial charge in [-0.05, 0) is 36.1 Å². The van der Waals surface area contributed by atoms with Gasteiger partial charge in [0.15, 0.2) is 4.34 Å². The highest BCUT2D eigenvalue weighted by atomic mass is 32.2. The number of rotatable bonds is 5. The lowest BCUT2D eigenvalue weighted by molar-refractivity contribution is -0.121. The second kappa shape index (κ2) is 6.95. The van der Waals surface area contributed by atoms with Crippen LogP contribution in [-0.4, -0.2) is 16.6 Å². The fourth-order valence-electron chi connectivity index (χ4n) is 3.12. The van der Waals surface area contributed by atoms with Crippen LogP contribution in [0, 0.1) is 0 Å².